The number of thiazole rings is 1. The highest BCUT2D eigenvalue weighted by Gasteiger charge is 2.34. The Balaban J connectivity index is 1.34. The highest BCUT2D eigenvalue weighted by Crippen LogP contribution is 2.30. The van der Waals surface area contributed by atoms with Crippen molar-refractivity contribution >= 4 is 39.9 Å². The van der Waals surface area contributed by atoms with Gasteiger partial charge in [0.25, 0.3) is 11.8 Å². The van der Waals surface area contributed by atoms with E-state index >= 15 is 0 Å². The van der Waals surface area contributed by atoms with Crippen molar-refractivity contribution in [2.45, 2.75) is 26.8 Å². The average Bonchev–Trinajstić information content (AvgIpc) is 3.55. The highest BCUT2D eigenvalue weighted by molar-refractivity contribution is 7.99. The molecule has 1 aliphatic rings. The first-order chi connectivity index (χ1) is 15.9. The van der Waals surface area contributed by atoms with Gasteiger partial charge in [-0.25, -0.2) is 9.97 Å². The fourth-order valence-electron chi connectivity index (χ4n) is 4.03. The highest BCUT2D eigenvalue weighted by atomic mass is 32.2. The minimum Gasteiger partial charge on any atom is -0.440 e. The Morgan fingerprint density at radius 2 is 2.09 bits per heavy atom. The van der Waals surface area contributed by atoms with Crippen molar-refractivity contribution in [2.24, 2.45) is 0 Å². The van der Waals surface area contributed by atoms with Crippen molar-refractivity contribution in [1.82, 2.24) is 24.6 Å². The third-order valence-electron chi connectivity index (χ3n) is 5.61. The number of benzene rings is 1. The maximum atomic E-state index is 13.5. The van der Waals surface area contributed by atoms with Crippen LogP contribution in [0.2, 0.25) is 0 Å². The van der Waals surface area contributed by atoms with Crippen LogP contribution in [-0.2, 0) is 0 Å². The van der Waals surface area contributed by atoms with Gasteiger partial charge in [-0.1, -0.05) is 23.8 Å². The molecule has 0 spiro atoms. The maximum Gasteiger partial charge on any atom is 0.277 e. The number of nitrogens with one attached hydrogen (secondary N) is 1. The first-order valence-electron chi connectivity index (χ1n) is 10.6. The average molecular weight is 482 g/mol. The number of oxazole rings is 1. The maximum absolute atomic E-state index is 13.5. The van der Waals surface area contributed by atoms with Crippen LogP contribution in [0.25, 0.3) is 16.3 Å². The number of carbonyl (C=O) groups is 2. The van der Waals surface area contributed by atoms with E-state index in [1.807, 2.05) is 49.7 Å². The minimum absolute atomic E-state index is 0.139. The van der Waals surface area contributed by atoms with Gasteiger partial charge in [0.15, 0.2) is 22.3 Å². The van der Waals surface area contributed by atoms with Crippen LogP contribution in [-0.4, -0.2) is 55.3 Å². The Hall–Kier alpha value is -3.11. The second kappa shape index (κ2) is 8.68. The summed E-state index contributed by atoms with van der Waals surface area (Å²) in [5.41, 5.74) is 3.43. The molecule has 5 rings (SSSR count). The van der Waals surface area contributed by atoms with Crippen molar-refractivity contribution in [2.75, 3.05) is 18.2 Å². The molecule has 33 heavy (non-hydrogen) atoms. The number of imidazole rings is 1. The number of thioether (sulfide) groups is 1. The summed E-state index contributed by atoms with van der Waals surface area (Å²) in [6.45, 7) is 5.92. The van der Waals surface area contributed by atoms with E-state index in [0.29, 0.717) is 41.2 Å². The number of aryl methyl sites for hydroxylation is 3. The lowest BCUT2D eigenvalue weighted by Gasteiger charge is -2.23. The van der Waals surface area contributed by atoms with Crippen LogP contribution in [0.1, 0.15) is 38.1 Å². The number of nitrogens with zero attached hydrogens (tertiary/aromatic N) is 4. The molecule has 1 saturated heterocycles. The Morgan fingerprint density at radius 3 is 2.91 bits per heavy atom. The van der Waals surface area contributed by atoms with Crippen LogP contribution in [0.5, 0.6) is 0 Å². The Labute approximate surface area is 199 Å². The Morgan fingerprint density at radius 1 is 1.24 bits per heavy atom. The van der Waals surface area contributed by atoms with Crippen LogP contribution >= 0.6 is 23.1 Å². The zero-order valence-corrected chi connectivity index (χ0v) is 20.1. The number of amides is 2. The smallest absolute Gasteiger partial charge is 0.277 e. The second-order valence-corrected chi connectivity index (χ2v) is 9.89. The molecule has 10 heteroatoms. The summed E-state index contributed by atoms with van der Waals surface area (Å²) in [4.78, 5) is 37.8. The summed E-state index contributed by atoms with van der Waals surface area (Å²) < 4.78 is 7.62. The lowest BCUT2D eigenvalue weighted by atomic mass is 10.1. The summed E-state index contributed by atoms with van der Waals surface area (Å²) in [6.07, 6.45) is 1.84. The van der Waals surface area contributed by atoms with Gasteiger partial charge in [0, 0.05) is 36.4 Å². The molecule has 8 nitrogen and oxygen atoms in total. The lowest BCUT2D eigenvalue weighted by molar-refractivity contribution is 0.0731. The van der Waals surface area contributed by atoms with Crippen molar-refractivity contribution in [3.8, 4) is 11.3 Å². The predicted octanol–water partition coefficient (Wildman–Crippen LogP) is 3.92. The van der Waals surface area contributed by atoms with Gasteiger partial charge in [0.1, 0.15) is 5.69 Å². The van der Waals surface area contributed by atoms with E-state index in [-0.39, 0.29) is 17.9 Å². The van der Waals surface area contributed by atoms with E-state index in [4.69, 9.17) is 4.42 Å². The summed E-state index contributed by atoms with van der Waals surface area (Å²) in [5.74, 6) is 1.83. The van der Waals surface area contributed by atoms with Crippen molar-refractivity contribution < 1.29 is 14.0 Å². The largest absolute Gasteiger partial charge is 0.440 e. The van der Waals surface area contributed by atoms with Crippen molar-refractivity contribution in [3.63, 3.8) is 0 Å². The summed E-state index contributed by atoms with van der Waals surface area (Å²) >= 11 is 3.15. The molecule has 3 aromatic heterocycles. The molecular weight excluding hydrogens is 458 g/mol. The number of hydrogen-bond acceptors (Lipinski definition) is 7. The minimum atomic E-state index is -0.194. The number of hydrogen-bond donors (Lipinski definition) is 1. The first kappa shape index (κ1) is 21.7. The molecule has 0 bridgehead atoms. The second-order valence-electron chi connectivity index (χ2n) is 8.02. The molecule has 1 atom stereocenters. The van der Waals surface area contributed by atoms with Crippen LogP contribution in [0, 0.1) is 20.8 Å². The molecule has 2 amide bonds. The molecule has 1 aromatic carbocycles. The molecule has 1 fully saturated rings. The third-order valence-corrected chi connectivity index (χ3v) is 7.45. The molecule has 0 radical (unpaired) electrons. The van der Waals surface area contributed by atoms with E-state index in [9.17, 15) is 9.59 Å². The molecule has 1 aliphatic heterocycles. The van der Waals surface area contributed by atoms with E-state index in [1.165, 1.54) is 11.3 Å². The fourth-order valence-corrected chi connectivity index (χ4v) is 5.99. The fraction of sp³-hybridized carbons (Fsp3) is 0.304. The van der Waals surface area contributed by atoms with Gasteiger partial charge in [-0.15, -0.1) is 23.1 Å². The molecule has 0 unspecified atom stereocenters. The normalized spacial score (nSPS) is 16.0. The van der Waals surface area contributed by atoms with Gasteiger partial charge >= 0.3 is 0 Å². The topological polar surface area (TPSA) is 92.7 Å². The number of rotatable bonds is 5. The quantitative estimate of drug-likeness (QED) is 0.464. The third kappa shape index (κ3) is 4.04. The first-order valence-corrected chi connectivity index (χ1v) is 12.6. The van der Waals surface area contributed by atoms with Gasteiger partial charge in [-0.05, 0) is 19.9 Å². The number of carbonyl (C=O) groups excluding carboxylic acids is 2. The van der Waals surface area contributed by atoms with Crippen LogP contribution in [0.4, 0.5) is 0 Å². The van der Waals surface area contributed by atoms with Gasteiger partial charge in [-0.3, -0.25) is 14.0 Å². The van der Waals surface area contributed by atoms with Crippen molar-refractivity contribution in [3.05, 3.63) is 64.4 Å². The SMILES string of the molecule is Cc1cccc(-c2oc(C)nc2C(=O)N2CSC[C@H]2CNC(=O)c2c(C)nc3sccn23)c1. The standard InChI is InChI=1S/C23H23N5O3S2/c1-13-5-4-6-16(9-13)20-18(26-15(3)31-20)22(30)28-12-32-11-17(28)10-24-21(29)19-14(2)25-23-27(19)7-8-33-23/h4-9,17H,10-12H2,1-3H3,(H,24,29)/t17-/m1/s1. The molecular formula is C23H23N5O3S2. The van der Waals surface area contributed by atoms with Crippen LogP contribution < -0.4 is 5.32 Å². The summed E-state index contributed by atoms with van der Waals surface area (Å²) in [7, 11) is 0. The zero-order chi connectivity index (χ0) is 23.1. The predicted molar refractivity (Wildman–Crippen MR) is 129 cm³/mol. The number of fused-ring (bicyclic) bond motifs is 1. The zero-order valence-electron chi connectivity index (χ0n) is 18.5. The van der Waals surface area contributed by atoms with E-state index < -0.39 is 0 Å². The molecule has 0 saturated carbocycles. The molecule has 0 aliphatic carbocycles. The van der Waals surface area contributed by atoms with Crippen LogP contribution in [0.15, 0.2) is 40.3 Å². The molecule has 170 valence electrons. The van der Waals surface area contributed by atoms with E-state index in [0.717, 1.165) is 21.8 Å². The van der Waals surface area contributed by atoms with Gasteiger partial charge < -0.3 is 14.6 Å². The van der Waals surface area contributed by atoms with Gasteiger partial charge in [0.2, 0.25) is 0 Å². The Kier molecular flexibility index (Phi) is 5.71. The van der Waals surface area contributed by atoms with Gasteiger partial charge in [0.05, 0.1) is 17.6 Å². The number of aromatic nitrogens is 3. The monoisotopic (exact) mass is 481 g/mol. The molecule has 4 aromatic rings. The lowest BCUT2D eigenvalue weighted by Crippen LogP contribution is -2.44. The molecule has 1 N–H and O–H groups in total. The van der Waals surface area contributed by atoms with E-state index in [1.54, 1.807) is 28.0 Å². The van der Waals surface area contributed by atoms with E-state index in [2.05, 4.69) is 15.3 Å². The van der Waals surface area contributed by atoms with Crippen molar-refractivity contribution in [1.29, 1.82) is 0 Å². The summed E-state index contributed by atoms with van der Waals surface area (Å²) in [5, 5.41) is 4.90. The van der Waals surface area contributed by atoms with Crippen LogP contribution in [0.3, 0.4) is 0 Å². The summed E-state index contributed by atoms with van der Waals surface area (Å²) in [6, 6.07) is 7.69. The Bertz CT molecular complexity index is 1360. The molecule has 4 heterocycles. The van der Waals surface area contributed by atoms with Gasteiger partial charge in [-0.2, -0.15) is 0 Å².